The van der Waals surface area contributed by atoms with Gasteiger partial charge in [-0.15, -0.1) is 11.3 Å². The smallest absolute Gasteiger partial charge is 0.267 e. The van der Waals surface area contributed by atoms with Gasteiger partial charge in [0.2, 0.25) is 0 Å². The van der Waals surface area contributed by atoms with E-state index in [0.29, 0.717) is 26.3 Å². The van der Waals surface area contributed by atoms with Gasteiger partial charge >= 0.3 is 0 Å². The van der Waals surface area contributed by atoms with Crippen molar-refractivity contribution in [1.82, 2.24) is 0 Å². The number of nitrogens with two attached hydrogens (primary N) is 1. The first kappa shape index (κ1) is 14.2. The highest BCUT2D eigenvalue weighted by molar-refractivity contribution is 7.21. The minimum Gasteiger partial charge on any atom is -0.397 e. The number of benzene rings is 2. The summed E-state index contributed by atoms with van der Waals surface area (Å²) in [5, 5.41) is 4.69. The van der Waals surface area contributed by atoms with Crippen LogP contribution in [0.15, 0.2) is 42.5 Å². The minimum absolute atomic E-state index is 0.280. The van der Waals surface area contributed by atoms with Crippen LogP contribution in [-0.4, -0.2) is 5.91 Å². The molecule has 106 valence electrons. The maximum Gasteiger partial charge on any atom is 0.267 e. The van der Waals surface area contributed by atoms with Crippen LogP contribution in [0.25, 0.3) is 10.1 Å². The van der Waals surface area contributed by atoms with E-state index in [1.54, 1.807) is 36.4 Å². The number of rotatable bonds is 2. The van der Waals surface area contributed by atoms with Crippen LogP contribution in [0.1, 0.15) is 9.67 Å². The van der Waals surface area contributed by atoms with Crippen LogP contribution in [0.4, 0.5) is 11.4 Å². The van der Waals surface area contributed by atoms with Gasteiger partial charge in [0, 0.05) is 15.1 Å². The second-order valence-electron chi connectivity index (χ2n) is 4.42. The number of nitrogen functional groups attached to an aromatic ring is 1. The van der Waals surface area contributed by atoms with Gasteiger partial charge in [-0.1, -0.05) is 35.3 Å². The van der Waals surface area contributed by atoms with E-state index in [0.717, 1.165) is 10.1 Å². The predicted molar refractivity (Wildman–Crippen MR) is 90.7 cm³/mol. The van der Waals surface area contributed by atoms with Crippen molar-refractivity contribution in [3.05, 3.63) is 57.4 Å². The molecule has 0 fully saturated rings. The van der Waals surface area contributed by atoms with Crippen LogP contribution in [0.3, 0.4) is 0 Å². The summed E-state index contributed by atoms with van der Waals surface area (Å²) >= 11 is 13.3. The zero-order valence-corrected chi connectivity index (χ0v) is 13.0. The first-order chi connectivity index (χ1) is 10.1. The summed E-state index contributed by atoms with van der Waals surface area (Å²) in [6, 6.07) is 12.4. The molecule has 0 atom stereocenters. The van der Waals surface area contributed by atoms with Gasteiger partial charge < -0.3 is 11.1 Å². The third-order valence-corrected chi connectivity index (χ3v) is 4.75. The van der Waals surface area contributed by atoms with Crippen molar-refractivity contribution in [3.63, 3.8) is 0 Å². The standard InChI is InChI=1S/C15H10Cl2N2OS/c16-8-5-6-9-12(7-8)21-14(13(9)18)15(20)19-11-4-2-1-3-10(11)17/h1-7H,18H2,(H,19,20). The predicted octanol–water partition coefficient (Wildman–Crippen LogP) is 5.04. The second-order valence-corrected chi connectivity index (χ2v) is 6.32. The molecule has 3 N–H and O–H groups in total. The van der Waals surface area contributed by atoms with Crippen molar-refractivity contribution in [2.45, 2.75) is 0 Å². The quantitative estimate of drug-likeness (QED) is 0.688. The average molecular weight is 337 g/mol. The summed E-state index contributed by atoms with van der Waals surface area (Å²) in [6.07, 6.45) is 0. The third-order valence-electron chi connectivity index (χ3n) is 3.02. The van der Waals surface area contributed by atoms with Crippen molar-refractivity contribution in [2.24, 2.45) is 0 Å². The normalized spacial score (nSPS) is 10.8. The van der Waals surface area contributed by atoms with Gasteiger partial charge in [0.25, 0.3) is 5.91 Å². The lowest BCUT2D eigenvalue weighted by Gasteiger charge is -2.06. The van der Waals surface area contributed by atoms with E-state index in [2.05, 4.69) is 5.32 Å². The summed E-state index contributed by atoms with van der Waals surface area (Å²) in [7, 11) is 0. The zero-order valence-electron chi connectivity index (χ0n) is 10.7. The molecule has 0 saturated carbocycles. The molecule has 1 heterocycles. The summed E-state index contributed by atoms with van der Waals surface area (Å²) < 4.78 is 0.879. The molecule has 0 radical (unpaired) electrons. The van der Waals surface area contributed by atoms with Crippen molar-refractivity contribution in [3.8, 4) is 0 Å². The van der Waals surface area contributed by atoms with Gasteiger partial charge in [0.15, 0.2) is 0 Å². The Labute approximate surface area is 135 Å². The van der Waals surface area contributed by atoms with E-state index in [4.69, 9.17) is 28.9 Å². The highest BCUT2D eigenvalue weighted by Crippen LogP contribution is 2.35. The fourth-order valence-corrected chi connectivity index (χ4v) is 3.48. The molecule has 3 rings (SSSR count). The number of halogens is 2. The van der Waals surface area contributed by atoms with Gasteiger partial charge in [0.1, 0.15) is 4.88 Å². The van der Waals surface area contributed by atoms with Gasteiger partial charge in [0.05, 0.1) is 16.4 Å². The third kappa shape index (κ3) is 2.70. The lowest BCUT2D eigenvalue weighted by atomic mass is 10.2. The monoisotopic (exact) mass is 336 g/mol. The number of nitrogens with one attached hydrogen (secondary N) is 1. The number of carbonyl (C=O) groups excluding carboxylic acids is 1. The number of hydrogen-bond acceptors (Lipinski definition) is 3. The Kier molecular flexibility index (Phi) is 3.76. The van der Waals surface area contributed by atoms with Crippen LogP contribution in [0, 0.1) is 0 Å². The van der Waals surface area contributed by atoms with Crippen molar-refractivity contribution in [1.29, 1.82) is 0 Å². The lowest BCUT2D eigenvalue weighted by Crippen LogP contribution is -2.12. The van der Waals surface area contributed by atoms with Crippen molar-refractivity contribution in [2.75, 3.05) is 11.1 Å². The SMILES string of the molecule is Nc1c(C(=O)Nc2ccccc2Cl)sc2cc(Cl)ccc12. The van der Waals surface area contributed by atoms with Crippen molar-refractivity contribution >= 4 is 61.9 Å². The molecular weight excluding hydrogens is 327 g/mol. The second kappa shape index (κ2) is 5.56. The molecular formula is C15H10Cl2N2OS. The molecule has 3 aromatic rings. The van der Waals surface area contributed by atoms with Crippen LogP contribution in [0.2, 0.25) is 10.0 Å². The average Bonchev–Trinajstić information content (AvgIpc) is 2.78. The largest absolute Gasteiger partial charge is 0.397 e. The van der Waals surface area contributed by atoms with E-state index in [1.807, 2.05) is 6.07 Å². The van der Waals surface area contributed by atoms with E-state index in [1.165, 1.54) is 11.3 Å². The fraction of sp³-hybridized carbons (Fsp3) is 0. The molecule has 0 saturated heterocycles. The number of thiophene rings is 1. The van der Waals surface area contributed by atoms with E-state index in [9.17, 15) is 4.79 Å². The van der Waals surface area contributed by atoms with Crippen LogP contribution in [-0.2, 0) is 0 Å². The zero-order chi connectivity index (χ0) is 15.0. The molecule has 0 bridgehead atoms. The van der Waals surface area contributed by atoms with Crippen molar-refractivity contribution < 1.29 is 4.79 Å². The molecule has 21 heavy (non-hydrogen) atoms. The molecule has 1 amide bonds. The molecule has 0 spiro atoms. The maximum atomic E-state index is 12.4. The summed E-state index contributed by atoms with van der Waals surface area (Å²) in [4.78, 5) is 12.8. The fourth-order valence-electron chi connectivity index (χ4n) is 2.00. The number of hydrogen-bond donors (Lipinski definition) is 2. The van der Waals surface area contributed by atoms with E-state index >= 15 is 0 Å². The van der Waals surface area contributed by atoms with Crippen LogP contribution in [0.5, 0.6) is 0 Å². The number of amides is 1. The summed E-state index contributed by atoms with van der Waals surface area (Å²) in [5.74, 6) is -0.280. The molecule has 0 unspecified atom stereocenters. The molecule has 3 nitrogen and oxygen atoms in total. The van der Waals surface area contributed by atoms with E-state index in [-0.39, 0.29) is 5.91 Å². The van der Waals surface area contributed by atoms with Crippen LogP contribution >= 0.6 is 34.5 Å². The number of anilines is 2. The van der Waals surface area contributed by atoms with Gasteiger partial charge in [-0.05, 0) is 30.3 Å². The molecule has 0 aliphatic rings. The Bertz CT molecular complexity index is 845. The first-order valence-corrected chi connectivity index (χ1v) is 7.67. The van der Waals surface area contributed by atoms with Gasteiger partial charge in [-0.25, -0.2) is 0 Å². The Morgan fingerprint density at radius 2 is 1.90 bits per heavy atom. The van der Waals surface area contributed by atoms with E-state index < -0.39 is 0 Å². The highest BCUT2D eigenvalue weighted by Gasteiger charge is 2.17. The molecule has 2 aromatic carbocycles. The number of para-hydroxylation sites is 1. The maximum absolute atomic E-state index is 12.4. The lowest BCUT2D eigenvalue weighted by molar-refractivity contribution is 0.103. The Balaban J connectivity index is 1.98. The molecule has 1 aromatic heterocycles. The van der Waals surface area contributed by atoms with Gasteiger partial charge in [-0.3, -0.25) is 4.79 Å². The molecule has 0 aliphatic heterocycles. The Hall–Kier alpha value is -1.75. The first-order valence-electron chi connectivity index (χ1n) is 6.09. The number of carbonyl (C=O) groups is 1. The Morgan fingerprint density at radius 3 is 2.67 bits per heavy atom. The summed E-state index contributed by atoms with van der Waals surface area (Å²) in [5.41, 5.74) is 7.06. The molecule has 0 aliphatic carbocycles. The topological polar surface area (TPSA) is 55.1 Å². The Morgan fingerprint density at radius 1 is 1.14 bits per heavy atom. The minimum atomic E-state index is -0.280. The summed E-state index contributed by atoms with van der Waals surface area (Å²) in [6.45, 7) is 0. The van der Waals surface area contributed by atoms with Gasteiger partial charge in [-0.2, -0.15) is 0 Å². The van der Waals surface area contributed by atoms with Crippen LogP contribution < -0.4 is 11.1 Å². The number of fused-ring (bicyclic) bond motifs is 1. The highest BCUT2D eigenvalue weighted by atomic mass is 35.5. The molecule has 6 heteroatoms.